The molecule has 0 bridgehead atoms. The second-order valence-electron chi connectivity index (χ2n) is 6.76. The number of imidazole rings is 1. The van der Waals surface area contributed by atoms with E-state index in [-0.39, 0.29) is 11.7 Å². The van der Waals surface area contributed by atoms with Gasteiger partial charge in [-0.05, 0) is 42.8 Å². The minimum absolute atomic E-state index is 0.0118. The summed E-state index contributed by atoms with van der Waals surface area (Å²) in [7, 11) is 1.52. The fourth-order valence-corrected chi connectivity index (χ4v) is 3.08. The average molecular weight is 400 g/mol. The highest BCUT2D eigenvalue weighted by molar-refractivity contribution is 5.95. The van der Waals surface area contributed by atoms with E-state index in [1.807, 2.05) is 37.3 Å². The van der Waals surface area contributed by atoms with Crippen molar-refractivity contribution >= 4 is 23.2 Å². The zero-order valence-electron chi connectivity index (χ0n) is 16.5. The molecular formula is C23H20N4O3. The number of hydrogen-bond donors (Lipinski definition) is 3. The van der Waals surface area contributed by atoms with Crippen LogP contribution in [0.2, 0.25) is 0 Å². The molecule has 30 heavy (non-hydrogen) atoms. The van der Waals surface area contributed by atoms with Crippen LogP contribution in [-0.2, 0) is 0 Å². The molecule has 0 unspecified atom stereocenters. The van der Waals surface area contributed by atoms with Crippen molar-refractivity contribution in [2.75, 3.05) is 7.11 Å². The maximum Gasteiger partial charge on any atom is 0.271 e. The van der Waals surface area contributed by atoms with Crippen LogP contribution in [0, 0.1) is 6.92 Å². The highest BCUT2D eigenvalue weighted by atomic mass is 16.5. The SMILES string of the molecule is COc1ccc(/C=N/NC(=O)c2ccc(-c3nc4c(C)cccc4[nH]3)cc2)c(O)c1. The van der Waals surface area contributed by atoms with Gasteiger partial charge in [0.2, 0.25) is 0 Å². The monoisotopic (exact) mass is 400 g/mol. The first kappa shape index (κ1) is 19.2. The Kier molecular flexibility index (Phi) is 5.17. The van der Waals surface area contributed by atoms with Crippen LogP contribution in [0.1, 0.15) is 21.5 Å². The molecule has 0 radical (unpaired) electrons. The number of benzene rings is 3. The predicted molar refractivity (Wildman–Crippen MR) is 116 cm³/mol. The lowest BCUT2D eigenvalue weighted by Gasteiger charge is -2.03. The van der Waals surface area contributed by atoms with Gasteiger partial charge in [0.05, 0.1) is 24.4 Å². The summed E-state index contributed by atoms with van der Waals surface area (Å²) in [6, 6.07) is 17.9. The first-order valence-electron chi connectivity index (χ1n) is 9.31. The molecule has 1 aromatic heterocycles. The third-order valence-electron chi connectivity index (χ3n) is 4.74. The smallest absolute Gasteiger partial charge is 0.271 e. The van der Waals surface area contributed by atoms with Gasteiger partial charge in [0.15, 0.2) is 0 Å². The second kappa shape index (κ2) is 8.08. The van der Waals surface area contributed by atoms with Crippen molar-refractivity contribution in [2.45, 2.75) is 6.92 Å². The Morgan fingerprint density at radius 3 is 2.67 bits per heavy atom. The Balaban J connectivity index is 1.45. The molecule has 0 atom stereocenters. The van der Waals surface area contributed by atoms with Crippen LogP contribution < -0.4 is 10.2 Å². The van der Waals surface area contributed by atoms with Crippen LogP contribution in [0.25, 0.3) is 22.4 Å². The van der Waals surface area contributed by atoms with Crippen molar-refractivity contribution in [2.24, 2.45) is 5.10 Å². The van der Waals surface area contributed by atoms with Crippen molar-refractivity contribution in [1.29, 1.82) is 0 Å². The number of aryl methyl sites for hydroxylation is 1. The van der Waals surface area contributed by atoms with E-state index in [9.17, 15) is 9.90 Å². The van der Waals surface area contributed by atoms with Gasteiger partial charge in [-0.2, -0.15) is 5.10 Å². The molecule has 1 amide bonds. The molecule has 3 N–H and O–H groups in total. The lowest BCUT2D eigenvalue weighted by Crippen LogP contribution is -2.17. The van der Waals surface area contributed by atoms with E-state index in [1.165, 1.54) is 19.4 Å². The largest absolute Gasteiger partial charge is 0.507 e. The maximum atomic E-state index is 12.3. The summed E-state index contributed by atoms with van der Waals surface area (Å²) in [6.07, 6.45) is 1.37. The number of rotatable bonds is 5. The molecule has 0 spiro atoms. The number of aromatic amines is 1. The number of fused-ring (bicyclic) bond motifs is 1. The Morgan fingerprint density at radius 2 is 1.97 bits per heavy atom. The van der Waals surface area contributed by atoms with Crippen molar-refractivity contribution < 1.29 is 14.6 Å². The quantitative estimate of drug-likeness (QED) is 0.348. The number of phenolic OH excluding ortho intramolecular Hbond substituents is 1. The first-order valence-corrected chi connectivity index (χ1v) is 9.31. The third kappa shape index (κ3) is 3.86. The van der Waals surface area contributed by atoms with Crippen LogP contribution in [-0.4, -0.2) is 34.3 Å². The number of para-hydroxylation sites is 1. The van der Waals surface area contributed by atoms with Crippen molar-refractivity contribution in [3.05, 3.63) is 77.4 Å². The summed E-state index contributed by atoms with van der Waals surface area (Å²) in [5, 5.41) is 13.8. The van der Waals surface area contributed by atoms with Crippen molar-refractivity contribution in [3.63, 3.8) is 0 Å². The van der Waals surface area contributed by atoms with E-state index in [4.69, 9.17) is 4.74 Å². The van der Waals surface area contributed by atoms with Gasteiger partial charge in [-0.1, -0.05) is 24.3 Å². The normalized spacial score (nSPS) is 11.1. The Labute approximate surface area is 173 Å². The molecule has 150 valence electrons. The van der Waals surface area contributed by atoms with Crippen LogP contribution in [0.4, 0.5) is 0 Å². The first-order chi connectivity index (χ1) is 14.5. The molecule has 0 saturated carbocycles. The van der Waals surface area contributed by atoms with Crippen LogP contribution >= 0.6 is 0 Å². The van der Waals surface area contributed by atoms with Gasteiger partial charge in [0.25, 0.3) is 5.91 Å². The minimum atomic E-state index is -0.355. The van der Waals surface area contributed by atoms with E-state index in [1.54, 1.807) is 24.3 Å². The van der Waals surface area contributed by atoms with Crippen LogP contribution in [0.5, 0.6) is 11.5 Å². The Morgan fingerprint density at radius 1 is 1.17 bits per heavy atom. The summed E-state index contributed by atoms with van der Waals surface area (Å²) in [4.78, 5) is 20.3. The zero-order chi connectivity index (χ0) is 21.1. The van der Waals surface area contributed by atoms with E-state index in [2.05, 4.69) is 20.5 Å². The Hall–Kier alpha value is -4.13. The van der Waals surface area contributed by atoms with E-state index in [0.717, 1.165) is 28.0 Å². The summed E-state index contributed by atoms with van der Waals surface area (Å²) < 4.78 is 5.03. The topological polar surface area (TPSA) is 99.6 Å². The summed E-state index contributed by atoms with van der Waals surface area (Å²) in [5.74, 6) is 0.941. The molecule has 1 heterocycles. The lowest BCUT2D eigenvalue weighted by atomic mass is 10.1. The highest BCUT2D eigenvalue weighted by Crippen LogP contribution is 2.23. The van der Waals surface area contributed by atoms with E-state index < -0.39 is 0 Å². The number of amides is 1. The number of nitrogens with one attached hydrogen (secondary N) is 2. The minimum Gasteiger partial charge on any atom is -0.507 e. The molecule has 0 aliphatic heterocycles. The van der Waals surface area contributed by atoms with Crippen LogP contribution in [0.3, 0.4) is 0 Å². The summed E-state index contributed by atoms with van der Waals surface area (Å²) in [5.41, 5.74) is 7.28. The van der Waals surface area contributed by atoms with Gasteiger partial charge in [-0.25, -0.2) is 10.4 Å². The van der Waals surface area contributed by atoms with Gasteiger partial charge in [-0.15, -0.1) is 0 Å². The van der Waals surface area contributed by atoms with Crippen LogP contribution in [0.15, 0.2) is 65.8 Å². The molecule has 0 aliphatic carbocycles. The van der Waals surface area contributed by atoms with Gasteiger partial charge < -0.3 is 14.8 Å². The Bertz CT molecular complexity index is 1240. The van der Waals surface area contributed by atoms with Crippen molar-refractivity contribution in [1.82, 2.24) is 15.4 Å². The van der Waals surface area contributed by atoms with Gasteiger partial charge in [0, 0.05) is 22.8 Å². The second-order valence-corrected chi connectivity index (χ2v) is 6.76. The number of nitrogens with zero attached hydrogens (tertiary/aromatic N) is 2. The highest BCUT2D eigenvalue weighted by Gasteiger charge is 2.09. The van der Waals surface area contributed by atoms with E-state index >= 15 is 0 Å². The number of hydrazone groups is 1. The number of carbonyl (C=O) groups is 1. The lowest BCUT2D eigenvalue weighted by molar-refractivity contribution is 0.0955. The molecule has 3 aromatic carbocycles. The van der Waals surface area contributed by atoms with Gasteiger partial charge >= 0.3 is 0 Å². The summed E-state index contributed by atoms with van der Waals surface area (Å²) in [6.45, 7) is 2.02. The maximum absolute atomic E-state index is 12.3. The fraction of sp³-hybridized carbons (Fsp3) is 0.0870. The third-order valence-corrected chi connectivity index (χ3v) is 4.74. The standard InChI is InChI=1S/C23H20N4O3/c1-14-4-3-5-19-21(14)26-22(25-19)15-6-8-16(9-7-15)23(29)27-24-13-17-10-11-18(30-2)12-20(17)28/h3-13,28H,1-2H3,(H,25,26)(H,27,29)/b24-13+. The fourth-order valence-electron chi connectivity index (χ4n) is 3.08. The number of H-pyrrole nitrogens is 1. The molecule has 0 saturated heterocycles. The molecule has 7 heteroatoms. The van der Waals surface area contributed by atoms with E-state index in [0.29, 0.717) is 16.9 Å². The van der Waals surface area contributed by atoms with Gasteiger partial charge in [0.1, 0.15) is 17.3 Å². The average Bonchev–Trinajstić information content (AvgIpc) is 3.20. The number of carbonyl (C=O) groups excluding carboxylic acids is 1. The van der Waals surface area contributed by atoms with Crippen molar-refractivity contribution in [3.8, 4) is 22.9 Å². The predicted octanol–water partition coefficient (Wildman–Crippen LogP) is 4.02. The number of aromatic hydroxyl groups is 1. The number of methoxy groups -OCH3 is 1. The summed E-state index contributed by atoms with van der Waals surface area (Å²) >= 11 is 0. The number of aromatic nitrogens is 2. The molecule has 0 fully saturated rings. The zero-order valence-corrected chi connectivity index (χ0v) is 16.5. The molecule has 4 rings (SSSR count). The van der Waals surface area contributed by atoms with Gasteiger partial charge in [-0.3, -0.25) is 4.79 Å². The molecule has 0 aliphatic rings. The number of hydrogen-bond acceptors (Lipinski definition) is 5. The number of phenols is 1. The molecular weight excluding hydrogens is 380 g/mol. The molecule has 4 aromatic rings. The molecule has 7 nitrogen and oxygen atoms in total. The number of ether oxygens (including phenoxy) is 1.